The van der Waals surface area contributed by atoms with E-state index in [0.29, 0.717) is 0 Å². The Kier molecular flexibility index (Phi) is 3.84. The van der Waals surface area contributed by atoms with Crippen LogP contribution >= 0.6 is 0 Å². The molecule has 1 fully saturated rings. The normalized spacial score (nSPS) is 30.2. The first-order valence-corrected chi connectivity index (χ1v) is 5.33. The zero-order valence-corrected chi connectivity index (χ0v) is 8.60. The van der Waals surface area contributed by atoms with Gasteiger partial charge in [-0.2, -0.15) is 0 Å². The van der Waals surface area contributed by atoms with Gasteiger partial charge in [-0.25, -0.2) is 0 Å². The summed E-state index contributed by atoms with van der Waals surface area (Å²) in [4.78, 5) is 0. The van der Waals surface area contributed by atoms with Crippen molar-refractivity contribution in [2.75, 3.05) is 0 Å². The summed E-state index contributed by atoms with van der Waals surface area (Å²) in [5.41, 5.74) is 1.36. The SMILES string of the molecule is C=C(C)CCC1CCC(C)CC1. The predicted octanol–water partition coefficient (Wildman–Crippen LogP) is 4.17. The van der Waals surface area contributed by atoms with Crippen molar-refractivity contribution in [1.29, 1.82) is 0 Å². The maximum Gasteiger partial charge on any atom is -0.0323 e. The summed E-state index contributed by atoms with van der Waals surface area (Å²) in [6.45, 7) is 8.48. The van der Waals surface area contributed by atoms with Crippen LogP contribution in [0, 0.1) is 11.8 Å². The highest BCUT2D eigenvalue weighted by Crippen LogP contribution is 2.31. The van der Waals surface area contributed by atoms with Crippen molar-refractivity contribution in [2.24, 2.45) is 11.8 Å². The fraction of sp³-hybridized carbons (Fsp3) is 0.833. The van der Waals surface area contributed by atoms with Crippen molar-refractivity contribution in [3.8, 4) is 0 Å². The van der Waals surface area contributed by atoms with Crippen molar-refractivity contribution in [3.63, 3.8) is 0 Å². The van der Waals surface area contributed by atoms with E-state index in [4.69, 9.17) is 0 Å². The van der Waals surface area contributed by atoms with Crippen molar-refractivity contribution >= 4 is 0 Å². The summed E-state index contributed by atoms with van der Waals surface area (Å²) in [7, 11) is 0. The standard InChI is InChI=1S/C12H22/c1-10(2)4-7-12-8-5-11(3)6-9-12/h11-12H,1,4-9H2,2-3H3. The minimum atomic E-state index is 0.992. The Morgan fingerprint density at radius 1 is 1.25 bits per heavy atom. The molecule has 12 heavy (non-hydrogen) atoms. The van der Waals surface area contributed by atoms with Crippen LogP contribution in [0.1, 0.15) is 52.4 Å². The quantitative estimate of drug-likeness (QED) is 0.552. The molecule has 0 unspecified atom stereocenters. The van der Waals surface area contributed by atoms with E-state index in [1.54, 1.807) is 0 Å². The van der Waals surface area contributed by atoms with E-state index >= 15 is 0 Å². The lowest BCUT2D eigenvalue weighted by Crippen LogP contribution is -2.12. The van der Waals surface area contributed by atoms with Crippen LogP contribution in [-0.4, -0.2) is 0 Å². The van der Waals surface area contributed by atoms with Crippen LogP contribution in [0.4, 0.5) is 0 Å². The summed E-state index contributed by atoms with van der Waals surface area (Å²) in [5.74, 6) is 2.00. The molecule has 0 bridgehead atoms. The first-order chi connectivity index (χ1) is 5.68. The van der Waals surface area contributed by atoms with Gasteiger partial charge in [0.15, 0.2) is 0 Å². The summed E-state index contributed by atoms with van der Waals surface area (Å²) < 4.78 is 0. The second kappa shape index (κ2) is 4.69. The Morgan fingerprint density at radius 3 is 2.33 bits per heavy atom. The average molecular weight is 166 g/mol. The molecule has 0 spiro atoms. The molecule has 0 radical (unpaired) electrons. The van der Waals surface area contributed by atoms with Crippen LogP contribution in [0.5, 0.6) is 0 Å². The summed E-state index contributed by atoms with van der Waals surface area (Å²) in [6, 6.07) is 0. The Balaban J connectivity index is 2.13. The van der Waals surface area contributed by atoms with Crippen molar-refractivity contribution in [1.82, 2.24) is 0 Å². The van der Waals surface area contributed by atoms with Crippen LogP contribution in [0.2, 0.25) is 0 Å². The molecule has 0 aromatic heterocycles. The molecular formula is C12H22. The Morgan fingerprint density at radius 2 is 1.83 bits per heavy atom. The average Bonchev–Trinajstić information content (AvgIpc) is 2.03. The van der Waals surface area contributed by atoms with Gasteiger partial charge < -0.3 is 0 Å². The number of rotatable bonds is 3. The molecular weight excluding hydrogens is 144 g/mol. The van der Waals surface area contributed by atoms with Crippen LogP contribution < -0.4 is 0 Å². The van der Waals surface area contributed by atoms with Crippen LogP contribution in [-0.2, 0) is 0 Å². The van der Waals surface area contributed by atoms with Gasteiger partial charge in [-0.05, 0) is 31.6 Å². The molecule has 1 saturated carbocycles. The van der Waals surface area contributed by atoms with E-state index in [0.717, 1.165) is 11.8 Å². The monoisotopic (exact) mass is 166 g/mol. The molecule has 1 aliphatic rings. The molecule has 70 valence electrons. The van der Waals surface area contributed by atoms with Crippen molar-refractivity contribution in [2.45, 2.75) is 52.4 Å². The molecule has 0 amide bonds. The molecule has 0 heteroatoms. The lowest BCUT2D eigenvalue weighted by Gasteiger charge is -2.25. The zero-order chi connectivity index (χ0) is 8.97. The second-order valence-electron chi connectivity index (χ2n) is 4.62. The first kappa shape index (κ1) is 9.83. The van der Waals surface area contributed by atoms with Gasteiger partial charge in [0.25, 0.3) is 0 Å². The van der Waals surface area contributed by atoms with E-state index < -0.39 is 0 Å². The summed E-state index contributed by atoms with van der Waals surface area (Å²) in [6.07, 6.45) is 8.49. The molecule has 0 aromatic carbocycles. The minimum Gasteiger partial charge on any atom is -0.100 e. The largest absolute Gasteiger partial charge is 0.100 e. The van der Waals surface area contributed by atoms with Crippen LogP contribution in [0.15, 0.2) is 12.2 Å². The molecule has 1 aliphatic carbocycles. The summed E-state index contributed by atoms with van der Waals surface area (Å²) in [5, 5.41) is 0. The van der Waals surface area contributed by atoms with E-state index in [-0.39, 0.29) is 0 Å². The van der Waals surface area contributed by atoms with Gasteiger partial charge in [0.2, 0.25) is 0 Å². The fourth-order valence-electron chi connectivity index (χ4n) is 2.07. The van der Waals surface area contributed by atoms with Gasteiger partial charge in [-0.3, -0.25) is 0 Å². The van der Waals surface area contributed by atoms with Gasteiger partial charge in [0.1, 0.15) is 0 Å². The van der Waals surface area contributed by atoms with Gasteiger partial charge in [0, 0.05) is 0 Å². The molecule has 0 aromatic rings. The predicted molar refractivity (Wildman–Crippen MR) is 55.2 cm³/mol. The molecule has 0 atom stereocenters. The second-order valence-corrected chi connectivity index (χ2v) is 4.62. The number of hydrogen-bond acceptors (Lipinski definition) is 0. The molecule has 0 saturated heterocycles. The van der Waals surface area contributed by atoms with Crippen LogP contribution in [0.3, 0.4) is 0 Å². The maximum atomic E-state index is 3.95. The Hall–Kier alpha value is -0.260. The minimum absolute atomic E-state index is 0.992. The van der Waals surface area contributed by atoms with Gasteiger partial charge >= 0.3 is 0 Å². The highest BCUT2D eigenvalue weighted by atomic mass is 14.2. The lowest BCUT2D eigenvalue weighted by atomic mass is 9.80. The highest BCUT2D eigenvalue weighted by molar-refractivity contribution is 4.88. The van der Waals surface area contributed by atoms with Gasteiger partial charge in [0.05, 0.1) is 0 Å². The highest BCUT2D eigenvalue weighted by Gasteiger charge is 2.17. The molecule has 0 nitrogen and oxygen atoms in total. The molecule has 0 aliphatic heterocycles. The molecule has 1 rings (SSSR count). The number of hydrogen-bond donors (Lipinski definition) is 0. The Labute approximate surface area is 77.1 Å². The third kappa shape index (κ3) is 3.42. The Bertz CT molecular complexity index is 138. The molecule has 0 heterocycles. The first-order valence-electron chi connectivity index (χ1n) is 5.33. The third-order valence-corrected chi connectivity index (χ3v) is 3.11. The van der Waals surface area contributed by atoms with Crippen molar-refractivity contribution in [3.05, 3.63) is 12.2 Å². The van der Waals surface area contributed by atoms with E-state index in [2.05, 4.69) is 20.4 Å². The van der Waals surface area contributed by atoms with Gasteiger partial charge in [-0.1, -0.05) is 38.2 Å². The lowest BCUT2D eigenvalue weighted by molar-refractivity contribution is 0.277. The third-order valence-electron chi connectivity index (χ3n) is 3.11. The molecule has 0 N–H and O–H groups in total. The number of allylic oxidation sites excluding steroid dienone is 1. The van der Waals surface area contributed by atoms with E-state index in [1.807, 2.05) is 0 Å². The zero-order valence-electron chi connectivity index (χ0n) is 8.60. The van der Waals surface area contributed by atoms with Gasteiger partial charge in [-0.15, -0.1) is 6.58 Å². The smallest absolute Gasteiger partial charge is 0.0323 e. The summed E-state index contributed by atoms with van der Waals surface area (Å²) >= 11 is 0. The van der Waals surface area contributed by atoms with E-state index in [9.17, 15) is 0 Å². The van der Waals surface area contributed by atoms with E-state index in [1.165, 1.54) is 44.1 Å². The van der Waals surface area contributed by atoms with Crippen LogP contribution in [0.25, 0.3) is 0 Å². The topological polar surface area (TPSA) is 0 Å². The van der Waals surface area contributed by atoms with Crippen molar-refractivity contribution < 1.29 is 0 Å². The fourth-order valence-corrected chi connectivity index (χ4v) is 2.07. The maximum absolute atomic E-state index is 3.95.